The molecule has 0 atom stereocenters. The maximum absolute atomic E-state index is 11.1. The Morgan fingerprint density at radius 2 is 2.43 bits per heavy atom. The lowest BCUT2D eigenvalue weighted by Gasteiger charge is -1.97. The third-order valence-corrected chi connectivity index (χ3v) is 3.05. The number of hydrogen-bond donors (Lipinski definition) is 1. The normalized spacial score (nSPS) is 10.1. The van der Waals surface area contributed by atoms with Crippen molar-refractivity contribution in [1.29, 1.82) is 0 Å². The maximum Gasteiger partial charge on any atom is 0.252 e. The molecule has 0 radical (unpaired) electrons. The summed E-state index contributed by atoms with van der Waals surface area (Å²) in [6.07, 6.45) is 0. The Morgan fingerprint density at radius 1 is 1.64 bits per heavy atom. The average Bonchev–Trinajstić information content (AvgIpc) is 2.53. The van der Waals surface area contributed by atoms with Gasteiger partial charge in [0.2, 0.25) is 5.13 Å². The highest BCUT2D eigenvalue weighted by Gasteiger charge is 2.07. The van der Waals surface area contributed by atoms with Gasteiger partial charge in [0.15, 0.2) is 4.34 Å². The van der Waals surface area contributed by atoms with Gasteiger partial charge in [-0.3, -0.25) is 10.1 Å². The third kappa shape index (κ3) is 3.60. The molecule has 0 saturated heterocycles. The summed E-state index contributed by atoms with van der Waals surface area (Å²) < 4.78 is 5.53. The highest BCUT2D eigenvalue weighted by Crippen LogP contribution is 2.24. The molecule has 1 amide bonds. The van der Waals surface area contributed by atoms with Crippen LogP contribution in [0, 0.1) is 0 Å². The summed E-state index contributed by atoms with van der Waals surface area (Å²) in [5.74, 6) is 0.734. The number of carbonyl (C=O) groups is 1. The Balaban J connectivity index is 2.46. The van der Waals surface area contributed by atoms with Gasteiger partial charge in [-0.25, -0.2) is 0 Å². The highest BCUT2D eigenvalue weighted by atomic mass is 32.2. The fourth-order valence-electron chi connectivity index (χ4n) is 0.729. The van der Waals surface area contributed by atoms with Crippen LogP contribution in [0.5, 0.6) is 0 Å². The highest BCUT2D eigenvalue weighted by molar-refractivity contribution is 8.01. The van der Waals surface area contributed by atoms with Gasteiger partial charge in [-0.05, 0) is 5.75 Å². The number of carbonyl (C=O) groups excluding carboxylic acids is 1. The number of ether oxygens (including phenoxy) is 1. The third-order valence-electron chi connectivity index (χ3n) is 1.20. The molecule has 0 aliphatic heterocycles. The van der Waals surface area contributed by atoms with Crippen LogP contribution in [0.25, 0.3) is 0 Å². The van der Waals surface area contributed by atoms with Crippen LogP contribution in [0.4, 0.5) is 5.13 Å². The molecular formula is C7H11N3O2S2. The van der Waals surface area contributed by atoms with Crippen LogP contribution in [-0.4, -0.2) is 35.6 Å². The molecule has 0 spiro atoms. The Bertz CT molecular complexity index is 303. The molecule has 0 saturated carbocycles. The van der Waals surface area contributed by atoms with Crippen molar-refractivity contribution < 1.29 is 9.53 Å². The van der Waals surface area contributed by atoms with Gasteiger partial charge in [0.25, 0.3) is 5.91 Å². The molecule has 14 heavy (non-hydrogen) atoms. The quantitative estimate of drug-likeness (QED) is 0.612. The monoisotopic (exact) mass is 233 g/mol. The SMILES string of the molecule is CCSc1nnc(NC(=O)COC)s1. The Labute approximate surface area is 90.3 Å². The number of nitrogens with one attached hydrogen (secondary N) is 1. The molecule has 1 aromatic heterocycles. The van der Waals surface area contributed by atoms with Crippen molar-refractivity contribution in [3.8, 4) is 0 Å². The lowest BCUT2D eigenvalue weighted by molar-refractivity contribution is -0.119. The molecule has 5 nitrogen and oxygen atoms in total. The lowest BCUT2D eigenvalue weighted by atomic mass is 10.6. The summed E-state index contributed by atoms with van der Waals surface area (Å²) in [7, 11) is 1.47. The van der Waals surface area contributed by atoms with E-state index in [0.29, 0.717) is 5.13 Å². The molecule has 78 valence electrons. The van der Waals surface area contributed by atoms with E-state index < -0.39 is 0 Å². The van der Waals surface area contributed by atoms with E-state index in [9.17, 15) is 4.79 Å². The van der Waals surface area contributed by atoms with E-state index in [1.165, 1.54) is 18.4 Å². The van der Waals surface area contributed by atoms with Gasteiger partial charge in [0.05, 0.1) is 0 Å². The van der Waals surface area contributed by atoms with Crippen molar-refractivity contribution in [2.24, 2.45) is 0 Å². The first kappa shape index (κ1) is 11.4. The molecule has 0 aliphatic carbocycles. The van der Waals surface area contributed by atoms with E-state index in [0.717, 1.165) is 10.1 Å². The molecule has 0 unspecified atom stereocenters. The van der Waals surface area contributed by atoms with E-state index in [-0.39, 0.29) is 12.5 Å². The first-order valence-corrected chi connectivity index (χ1v) is 5.81. The molecule has 1 heterocycles. The second kappa shape index (κ2) is 5.94. The molecular weight excluding hydrogens is 222 g/mol. The second-order valence-electron chi connectivity index (χ2n) is 2.29. The summed E-state index contributed by atoms with van der Waals surface area (Å²) in [6, 6.07) is 0. The summed E-state index contributed by atoms with van der Waals surface area (Å²) in [4.78, 5) is 11.1. The van der Waals surface area contributed by atoms with Crippen molar-refractivity contribution in [2.75, 3.05) is 24.8 Å². The second-order valence-corrected chi connectivity index (χ2v) is 4.78. The van der Waals surface area contributed by atoms with Gasteiger partial charge < -0.3 is 4.74 Å². The van der Waals surface area contributed by atoms with Crippen LogP contribution in [0.1, 0.15) is 6.92 Å². The summed E-state index contributed by atoms with van der Waals surface area (Å²) >= 11 is 2.96. The van der Waals surface area contributed by atoms with Crippen molar-refractivity contribution in [2.45, 2.75) is 11.3 Å². The molecule has 1 rings (SSSR count). The fourth-order valence-corrected chi connectivity index (χ4v) is 2.39. The largest absolute Gasteiger partial charge is 0.375 e. The first-order chi connectivity index (χ1) is 6.76. The first-order valence-electron chi connectivity index (χ1n) is 4.01. The average molecular weight is 233 g/mol. The predicted octanol–water partition coefficient (Wildman–Crippen LogP) is 1.23. The van der Waals surface area contributed by atoms with Crippen LogP contribution in [0.2, 0.25) is 0 Å². The fraction of sp³-hybridized carbons (Fsp3) is 0.571. The van der Waals surface area contributed by atoms with Crippen molar-refractivity contribution in [3.05, 3.63) is 0 Å². The number of nitrogens with zero attached hydrogens (tertiary/aromatic N) is 2. The van der Waals surface area contributed by atoms with Crippen LogP contribution in [0.3, 0.4) is 0 Å². The molecule has 7 heteroatoms. The van der Waals surface area contributed by atoms with Crippen molar-refractivity contribution >= 4 is 34.1 Å². The number of rotatable bonds is 5. The van der Waals surface area contributed by atoms with E-state index >= 15 is 0 Å². The van der Waals surface area contributed by atoms with E-state index in [1.54, 1.807) is 11.8 Å². The standard InChI is InChI=1S/C7H11N3O2S2/c1-3-13-7-10-9-6(14-7)8-5(11)4-12-2/h3-4H2,1-2H3,(H,8,9,11). The van der Waals surface area contributed by atoms with Gasteiger partial charge in [-0.2, -0.15) is 0 Å². The zero-order valence-corrected chi connectivity index (χ0v) is 9.57. The van der Waals surface area contributed by atoms with Gasteiger partial charge in [0.1, 0.15) is 6.61 Å². The van der Waals surface area contributed by atoms with E-state index in [4.69, 9.17) is 0 Å². The molecule has 0 bridgehead atoms. The number of amides is 1. The minimum atomic E-state index is -0.211. The van der Waals surface area contributed by atoms with Crippen LogP contribution in [-0.2, 0) is 9.53 Å². The molecule has 0 aromatic carbocycles. The van der Waals surface area contributed by atoms with E-state index in [2.05, 4.69) is 20.3 Å². The Kier molecular flexibility index (Phi) is 4.85. The Hall–Kier alpha value is -0.660. The lowest BCUT2D eigenvalue weighted by Crippen LogP contribution is -2.16. The zero-order chi connectivity index (χ0) is 10.4. The maximum atomic E-state index is 11.1. The van der Waals surface area contributed by atoms with Crippen LogP contribution >= 0.6 is 23.1 Å². The van der Waals surface area contributed by atoms with E-state index in [1.807, 2.05) is 6.92 Å². The number of thioether (sulfide) groups is 1. The molecule has 0 aliphatic rings. The number of aromatic nitrogens is 2. The minimum absolute atomic E-state index is 0.0375. The van der Waals surface area contributed by atoms with Crippen molar-refractivity contribution in [1.82, 2.24) is 10.2 Å². The van der Waals surface area contributed by atoms with Crippen LogP contribution in [0.15, 0.2) is 4.34 Å². The molecule has 0 fully saturated rings. The number of methoxy groups -OCH3 is 1. The Morgan fingerprint density at radius 3 is 3.07 bits per heavy atom. The predicted molar refractivity (Wildman–Crippen MR) is 56.8 cm³/mol. The molecule has 1 aromatic rings. The topological polar surface area (TPSA) is 64.1 Å². The number of anilines is 1. The van der Waals surface area contributed by atoms with Crippen molar-refractivity contribution in [3.63, 3.8) is 0 Å². The van der Waals surface area contributed by atoms with Gasteiger partial charge in [-0.1, -0.05) is 30.0 Å². The van der Waals surface area contributed by atoms with Gasteiger partial charge in [-0.15, -0.1) is 10.2 Å². The smallest absolute Gasteiger partial charge is 0.252 e. The van der Waals surface area contributed by atoms with Crippen LogP contribution < -0.4 is 5.32 Å². The molecule has 1 N–H and O–H groups in total. The van der Waals surface area contributed by atoms with Gasteiger partial charge >= 0.3 is 0 Å². The van der Waals surface area contributed by atoms with Gasteiger partial charge in [0, 0.05) is 7.11 Å². The summed E-state index contributed by atoms with van der Waals surface area (Å²) in [5.41, 5.74) is 0. The summed E-state index contributed by atoms with van der Waals surface area (Å²) in [6.45, 7) is 2.07. The number of hydrogen-bond acceptors (Lipinski definition) is 6. The minimum Gasteiger partial charge on any atom is -0.375 e. The summed E-state index contributed by atoms with van der Waals surface area (Å²) in [5, 5.41) is 10.8. The zero-order valence-electron chi connectivity index (χ0n) is 7.94.